The molecule has 5 nitrogen and oxygen atoms in total. The Morgan fingerprint density at radius 2 is 2.09 bits per heavy atom. The van der Waals surface area contributed by atoms with Gasteiger partial charge in [0, 0.05) is 0 Å². The Morgan fingerprint density at radius 1 is 1.39 bits per heavy atom. The van der Waals surface area contributed by atoms with Crippen LogP contribution < -0.4 is 0 Å². The van der Waals surface area contributed by atoms with Gasteiger partial charge in [-0.05, 0) is 51.0 Å². The van der Waals surface area contributed by atoms with Crippen molar-refractivity contribution >= 4 is 11.8 Å². The number of rotatable bonds is 8. The van der Waals surface area contributed by atoms with Crippen molar-refractivity contribution in [2.75, 3.05) is 7.11 Å². The Hall–Kier alpha value is -1.20. The van der Waals surface area contributed by atoms with E-state index in [4.69, 9.17) is 14.5 Å². The lowest BCUT2D eigenvalue weighted by molar-refractivity contribution is -0.419. The van der Waals surface area contributed by atoms with E-state index in [1.54, 1.807) is 13.0 Å². The summed E-state index contributed by atoms with van der Waals surface area (Å²) >= 11 is 0. The molecule has 1 rings (SSSR count). The SMILES string of the molecule is CCC(C=CC(C)=O)CC1(C)CC(CC)C(CC(=O)OC)OO1. The van der Waals surface area contributed by atoms with E-state index in [1.165, 1.54) is 7.11 Å². The van der Waals surface area contributed by atoms with Crippen LogP contribution in [0.5, 0.6) is 0 Å². The average Bonchev–Trinajstić information content (AvgIpc) is 2.52. The van der Waals surface area contributed by atoms with Crippen LogP contribution in [0.3, 0.4) is 0 Å². The van der Waals surface area contributed by atoms with Crippen molar-refractivity contribution in [1.29, 1.82) is 0 Å². The Kier molecular flexibility index (Phi) is 7.92. The highest BCUT2D eigenvalue weighted by Gasteiger charge is 2.41. The number of hydrogen-bond donors (Lipinski definition) is 0. The molecule has 23 heavy (non-hydrogen) atoms. The van der Waals surface area contributed by atoms with E-state index in [1.807, 2.05) is 13.0 Å². The van der Waals surface area contributed by atoms with Gasteiger partial charge in [0.1, 0.15) is 11.7 Å². The fourth-order valence-electron chi connectivity index (χ4n) is 3.12. The molecule has 0 amide bonds. The Bertz CT molecular complexity index is 431. The van der Waals surface area contributed by atoms with Gasteiger partial charge in [0.05, 0.1) is 13.5 Å². The number of methoxy groups -OCH3 is 1. The molecular formula is C18H30O5. The smallest absolute Gasteiger partial charge is 0.308 e. The summed E-state index contributed by atoms with van der Waals surface area (Å²) in [5, 5.41) is 0. The molecule has 1 aliphatic heterocycles. The van der Waals surface area contributed by atoms with E-state index >= 15 is 0 Å². The van der Waals surface area contributed by atoms with Crippen molar-refractivity contribution < 1.29 is 24.1 Å². The summed E-state index contributed by atoms with van der Waals surface area (Å²) in [6.45, 7) is 7.78. The molecule has 0 N–H and O–H groups in total. The number of carbonyl (C=O) groups excluding carboxylic acids is 2. The van der Waals surface area contributed by atoms with Crippen LogP contribution in [0.15, 0.2) is 12.2 Å². The molecule has 0 spiro atoms. The van der Waals surface area contributed by atoms with Crippen molar-refractivity contribution in [3.63, 3.8) is 0 Å². The van der Waals surface area contributed by atoms with Gasteiger partial charge in [0.2, 0.25) is 0 Å². The first-order chi connectivity index (χ1) is 10.8. The Labute approximate surface area is 139 Å². The first-order valence-corrected chi connectivity index (χ1v) is 8.43. The summed E-state index contributed by atoms with van der Waals surface area (Å²) in [7, 11) is 1.38. The van der Waals surface area contributed by atoms with Gasteiger partial charge in [-0.3, -0.25) is 9.59 Å². The average molecular weight is 326 g/mol. The molecule has 1 heterocycles. The highest BCUT2D eigenvalue weighted by Crippen LogP contribution is 2.39. The zero-order valence-electron chi connectivity index (χ0n) is 15.0. The van der Waals surface area contributed by atoms with E-state index in [-0.39, 0.29) is 36.1 Å². The number of esters is 1. The molecule has 0 aromatic rings. The number of carbonyl (C=O) groups is 2. The minimum atomic E-state index is -0.408. The van der Waals surface area contributed by atoms with Gasteiger partial charge in [-0.2, -0.15) is 0 Å². The van der Waals surface area contributed by atoms with Crippen LogP contribution in [0.25, 0.3) is 0 Å². The van der Waals surface area contributed by atoms with E-state index in [0.717, 1.165) is 25.7 Å². The van der Waals surface area contributed by atoms with Crippen molar-refractivity contribution in [3.05, 3.63) is 12.2 Å². The Balaban J connectivity index is 2.69. The van der Waals surface area contributed by atoms with Crippen molar-refractivity contribution in [2.24, 2.45) is 11.8 Å². The van der Waals surface area contributed by atoms with Crippen molar-refractivity contribution in [2.45, 2.75) is 71.5 Å². The van der Waals surface area contributed by atoms with Gasteiger partial charge >= 0.3 is 5.97 Å². The molecule has 0 bridgehead atoms. The van der Waals surface area contributed by atoms with Gasteiger partial charge in [0.25, 0.3) is 0 Å². The van der Waals surface area contributed by atoms with Gasteiger partial charge in [0.15, 0.2) is 5.78 Å². The van der Waals surface area contributed by atoms with Crippen LogP contribution in [-0.4, -0.2) is 30.6 Å². The first kappa shape index (κ1) is 19.8. The molecule has 0 radical (unpaired) electrons. The van der Waals surface area contributed by atoms with Crippen molar-refractivity contribution in [1.82, 2.24) is 0 Å². The fourth-order valence-corrected chi connectivity index (χ4v) is 3.12. The van der Waals surface area contributed by atoms with Crippen LogP contribution in [-0.2, 0) is 24.1 Å². The maximum atomic E-state index is 11.5. The summed E-state index contributed by atoms with van der Waals surface area (Å²) in [5.74, 6) is 0.291. The summed E-state index contributed by atoms with van der Waals surface area (Å²) in [4.78, 5) is 33.8. The fraction of sp³-hybridized carbons (Fsp3) is 0.778. The predicted octanol–water partition coefficient (Wildman–Crippen LogP) is 3.62. The van der Waals surface area contributed by atoms with Gasteiger partial charge in [-0.25, -0.2) is 9.78 Å². The molecule has 0 saturated carbocycles. The lowest BCUT2D eigenvalue weighted by Gasteiger charge is -2.42. The van der Waals surface area contributed by atoms with Crippen LogP contribution in [0.2, 0.25) is 0 Å². The monoisotopic (exact) mass is 326 g/mol. The van der Waals surface area contributed by atoms with E-state index < -0.39 is 5.60 Å². The third-order valence-electron chi connectivity index (χ3n) is 4.53. The molecule has 4 unspecified atom stereocenters. The Morgan fingerprint density at radius 3 is 2.61 bits per heavy atom. The largest absolute Gasteiger partial charge is 0.469 e. The topological polar surface area (TPSA) is 61.8 Å². The normalized spacial score (nSPS) is 29.4. The van der Waals surface area contributed by atoms with Gasteiger partial charge in [-0.1, -0.05) is 26.3 Å². The molecule has 132 valence electrons. The number of ketones is 1. The molecule has 1 fully saturated rings. The minimum Gasteiger partial charge on any atom is -0.469 e. The van der Waals surface area contributed by atoms with Crippen LogP contribution in [0.4, 0.5) is 0 Å². The second kappa shape index (κ2) is 9.18. The molecule has 0 aliphatic carbocycles. The van der Waals surface area contributed by atoms with E-state index in [2.05, 4.69) is 13.8 Å². The molecule has 1 saturated heterocycles. The van der Waals surface area contributed by atoms with Crippen LogP contribution in [0.1, 0.15) is 59.8 Å². The molecule has 0 aromatic heterocycles. The quantitative estimate of drug-likeness (QED) is 0.387. The summed E-state index contributed by atoms with van der Waals surface area (Å²) < 4.78 is 4.72. The molecule has 0 aromatic carbocycles. The number of hydrogen-bond acceptors (Lipinski definition) is 5. The second-order valence-electron chi connectivity index (χ2n) is 6.66. The number of ether oxygens (including phenoxy) is 1. The van der Waals surface area contributed by atoms with Crippen LogP contribution in [0, 0.1) is 11.8 Å². The maximum Gasteiger partial charge on any atom is 0.308 e. The third kappa shape index (κ3) is 6.43. The molecular weight excluding hydrogens is 296 g/mol. The first-order valence-electron chi connectivity index (χ1n) is 8.43. The molecule has 1 aliphatic rings. The number of allylic oxidation sites excluding steroid dienone is 2. The molecule has 4 atom stereocenters. The van der Waals surface area contributed by atoms with Gasteiger partial charge in [-0.15, -0.1) is 0 Å². The standard InChI is InChI=1S/C18H30O5/c1-6-14(9-8-13(3)19)11-18(4)12-15(7-2)16(22-23-18)10-17(20)21-5/h8-9,14-16H,6-7,10-12H2,1-5H3. The zero-order chi connectivity index (χ0) is 17.5. The van der Waals surface area contributed by atoms with Crippen LogP contribution >= 0.6 is 0 Å². The summed E-state index contributed by atoms with van der Waals surface area (Å²) in [6, 6.07) is 0. The predicted molar refractivity (Wildman–Crippen MR) is 87.6 cm³/mol. The minimum absolute atomic E-state index is 0.0546. The van der Waals surface area contributed by atoms with E-state index in [0.29, 0.717) is 0 Å². The lowest BCUT2D eigenvalue weighted by Crippen LogP contribution is -2.45. The lowest BCUT2D eigenvalue weighted by atomic mass is 9.79. The second-order valence-corrected chi connectivity index (χ2v) is 6.66. The third-order valence-corrected chi connectivity index (χ3v) is 4.53. The highest BCUT2D eigenvalue weighted by molar-refractivity contribution is 5.87. The molecule has 5 heteroatoms. The highest BCUT2D eigenvalue weighted by atomic mass is 17.2. The zero-order valence-corrected chi connectivity index (χ0v) is 15.0. The summed E-state index contributed by atoms with van der Waals surface area (Å²) in [5.41, 5.74) is -0.408. The summed E-state index contributed by atoms with van der Waals surface area (Å²) in [6.07, 6.45) is 7.01. The van der Waals surface area contributed by atoms with E-state index in [9.17, 15) is 9.59 Å². The van der Waals surface area contributed by atoms with Gasteiger partial charge < -0.3 is 4.74 Å². The maximum absolute atomic E-state index is 11.5. The van der Waals surface area contributed by atoms with Crippen molar-refractivity contribution in [3.8, 4) is 0 Å².